The van der Waals surface area contributed by atoms with Gasteiger partial charge in [-0.15, -0.1) is 5.10 Å². The number of aliphatic hydroxyl groups excluding tert-OH is 1. The number of aliphatic hydroxyl groups is 1. The third-order valence-corrected chi connectivity index (χ3v) is 4.29. The largest absolute Gasteiger partial charge is 0.391 e. The molecule has 10 nitrogen and oxygen atoms in total. The van der Waals surface area contributed by atoms with Crippen LogP contribution in [-0.2, 0) is 6.54 Å². The molecule has 0 aliphatic carbocycles. The maximum atomic E-state index is 9.54. The summed E-state index contributed by atoms with van der Waals surface area (Å²) in [6, 6.07) is 5.66. The first-order chi connectivity index (χ1) is 14.1. The van der Waals surface area contributed by atoms with Gasteiger partial charge in [-0.2, -0.15) is 5.26 Å². The van der Waals surface area contributed by atoms with Crippen molar-refractivity contribution in [2.45, 2.75) is 26.5 Å². The molecule has 0 aliphatic heterocycles. The number of rotatable bonds is 6. The van der Waals surface area contributed by atoms with Gasteiger partial charge in [0.2, 0.25) is 0 Å². The van der Waals surface area contributed by atoms with Crippen LogP contribution < -0.4 is 5.32 Å². The average Bonchev–Trinajstić information content (AvgIpc) is 3.34. The summed E-state index contributed by atoms with van der Waals surface area (Å²) in [6.07, 6.45) is 6.14. The molecule has 0 saturated carbocycles. The van der Waals surface area contributed by atoms with Crippen molar-refractivity contribution in [2.75, 3.05) is 11.9 Å². The zero-order valence-corrected chi connectivity index (χ0v) is 16.0. The van der Waals surface area contributed by atoms with E-state index in [4.69, 9.17) is 5.26 Å². The van der Waals surface area contributed by atoms with E-state index in [0.717, 1.165) is 11.3 Å². The number of aromatic nitrogens is 7. The van der Waals surface area contributed by atoms with E-state index in [1.54, 1.807) is 41.0 Å². The summed E-state index contributed by atoms with van der Waals surface area (Å²) in [5.41, 5.74) is 4.01. The molecule has 0 aliphatic rings. The third kappa shape index (κ3) is 3.63. The average molecular weight is 389 g/mol. The van der Waals surface area contributed by atoms with E-state index in [0.29, 0.717) is 41.3 Å². The summed E-state index contributed by atoms with van der Waals surface area (Å²) in [6.45, 7) is 4.79. The highest BCUT2D eigenvalue weighted by Crippen LogP contribution is 2.28. The second kappa shape index (κ2) is 7.65. The van der Waals surface area contributed by atoms with Gasteiger partial charge in [-0.1, -0.05) is 5.21 Å². The smallest absolute Gasteiger partial charge is 0.165 e. The summed E-state index contributed by atoms with van der Waals surface area (Å²) in [4.78, 5) is 13.2. The van der Waals surface area contributed by atoms with Gasteiger partial charge in [0.1, 0.15) is 29.4 Å². The Balaban J connectivity index is 1.75. The van der Waals surface area contributed by atoms with E-state index < -0.39 is 6.10 Å². The Labute approximate surface area is 166 Å². The minimum Gasteiger partial charge on any atom is -0.391 e. The molecular formula is C19H19N9O. The lowest BCUT2D eigenvalue weighted by Crippen LogP contribution is -2.11. The summed E-state index contributed by atoms with van der Waals surface area (Å²) < 4.78 is 3.37. The van der Waals surface area contributed by atoms with Crippen LogP contribution in [0.3, 0.4) is 0 Å². The maximum Gasteiger partial charge on any atom is 0.165 e. The van der Waals surface area contributed by atoms with Crippen molar-refractivity contribution in [1.29, 1.82) is 5.26 Å². The van der Waals surface area contributed by atoms with Crippen molar-refractivity contribution in [2.24, 2.45) is 0 Å². The van der Waals surface area contributed by atoms with E-state index in [9.17, 15) is 5.11 Å². The van der Waals surface area contributed by atoms with Crippen LogP contribution in [0.2, 0.25) is 0 Å². The Morgan fingerprint density at radius 2 is 2.10 bits per heavy atom. The zero-order valence-electron chi connectivity index (χ0n) is 16.0. The molecule has 0 radical (unpaired) electrons. The van der Waals surface area contributed by atoms with Crippen LogP contribution in [0, 0.1) is 11.3 Å². The standard InChI is InChI=1S/C19H19N9O/c1-3-21-15-5-18(28-11-24-16-4-13(6-20)7-23-19(16)28)22-8-14(15)17-10-27(26-25-17)9-12(2)29/h4-5,7-8,10-12,29H,3,9H2,1-2H3,(H,21,22)/t12-/m0/s1. The zero-order chi connectivity index (χ0) is 20.4. The molecule has 0 saturated heterocycles. The summed E-state index contributed by atoms with van der Waals surface area (Å²) in [5.74, 6) is 0.640. The monoisotopic (exact) mass is 389 g/mol. The molecule has 2 N–H and O–H groups in total. The predicted octanol–water partition coefficient (Wildman–Crippen LogP) is 1.76. The van der Waals surface area contributed by atoms with Crippen LogP contribution in [0.4, 0.5) is 5.69 Å². The van der Waals surface area contributed by atoms with Gasteiger partial charge in [0.05, 0.1) is 24.4 Å². The molecule has 4 aromatic rings. The number of nitrogens with zero attached hydrogens (tertiary/aromatic N) is 8. The minimum absolute atomic E-state index is 0.367. The molecule has 146 valence electrons. The van der Waals surface area contributed by atoms with Crippen LogP contribution in [0.5, 0.6) is 0 Å². The first-order valence-electron chi connectivity index (χ1n) is 9.15. The van der Waals surface area contributed by atoms with Gasteiger partial charge < -0.3 is 10.4 Å². The molecule has 0 aromatic carbocycles. The molecule has 0 spiro atoms. The normalized spacial score (nSPS) is 12.1. The molecule has 10 heteroatoms. The number of anilines is 1. The number of fused-ring (bicyclic) bond motifs is 1. The number of hydrogen-bond donors (Lipinski definition) is 2. The van der Waals surface area contributed by atoms with Crippen LogP contribution in [-0.4, -0.2) is 52.3 Å². The van der Waals surface area contributed by atoms with Crippen molar-refractivity contribution >= 4 is 16.9 Å². The lowest BCUT2D eigenvalue weighted by atomic mass is 10.1. The third-order valence-electron chi connectivity index (χ3n) is 4.29. The van der Waals surface area contributed by atoms with Crippen molar-refractivity contribution in [3.8, 4) is 23.1 Å². The highest BCUT2D eigenvalue weighted by atomic mass is 16.3. The molecule has 4 aromatic heterocycles. The molecule has 0 fully saturated rings. The molecule has 0 unspecified atom stereocenters. The topological polar surface area (TPSA) is 130 Å². The summed E-state index contributed by atoms with van der Waals surface area (Å²) in [7, 11) is 0. The molecular weight excluding hydrogens is 370 g/mol. The van der Waals surface area contributed by atoms with Crippen LogP contribution >= 0.6 is 0 Å². The molecule has 29 heavy (non-hydrogen) atoms. The molecule has 0 bridgehead atoms. The Bertz CT molecular complexity index is 1200. The minimum atomic E-state index is -0.512. The molecule has 1 atom stereocenters. The van der Waals surface area contributed by atoms with E-state index in [1.807, 2.05) is 13.0 Å². The van der Waals surface area contributed by atoms with Gasteiger partial charge in [-0.3, -0.25) is 4.57 Å². The van der Waals surface area contributed by atoms with Crippen LogP contribution in [0.15, 0.2) is 37.1 Å². The highest BCUT2D eigenvalue weighted by molar-refractivity contribution is 5.78. The first-order valence-corrected chi connectivity index (χ1v) is 9.15. The molecule has 4 heterocycles. The van der Waals surface area contributed by atoms with Gasteiger partial charge in [0.25, 0.3) is 0 Å². The second-order valence-electron chi connectivity index (χ2n) is 6.59. The number of nitrogens with one attached hydrogen (secondary N) is 1. The van der Waals surface area contributed by atoms with Crippen LogP contribution in [0.25, 0.3) is 28.2 Å². The Morgan fingerprint density at radius 3 is 2.86 bits per heavy atom. The second-order valence-corrected chi connectivity index (χ2v) is 6.59. The Kier molecular flexibility index (Phi) is 4.88. The van der Waals surface area contributed by atoms with E-state index in [-0.39, 0.29) is 0 Å². The fraction of sp³-hybridized carbons (Fsp3) is 0.263. The lowest BCUT2D eigenvalue weighted by molar-refractivity contribution is 0.167. The SMILES string of the molecule is CCNc1cc(-n2cnc3cc(C#N)cnc32)ncc1-c1cn(C[C@H](C)O)nn1. The molecule has 0 amide bonds. The number of nitriles is 1. The lowest BCUT2D eigenvalue weighted by Gasteiger charge is -2.11. The van der Waals surface area contributed by atoms with Gasteiger partial charge >= 0.3 is 0 Å². The number of hydrogen-bond acceptors (Lipinski definition) is 8. The van der Waals surface area contributed by atoms with Crippen molar-refractivity contribution in [3.05, 3.63) is 42.6 Å². The van der Waals surface area contributed by atoms with Crippen molar-refractivity contribution < 1.29 is 5.11 Å². The van der Waals surface area contributed by atoms with E-state index in [1.165, 1.54) is 6.20 Å². The van der Waals surface area contributed by atoms with E-state index in [2.05, 4.69) is 36.7 Å². The highest BCUT2D eigenvalue weighted by Gasteiger charge is 2.14. The van der Waals surface area contributed by atoms with Gasteiger partial charge in [-0.05, 0) is 19.9 Å². The first kappa shape index (κ1) is 18.5. The Hall–Kier alpha value is -3.84. The van der Waals surface area contributed by atoms with Crippen LogP contribution in [0.1, 0.15) is 19.4 Å². The maximum absolute atomic E-state index is 9.54. The van der Waals surface area contributed by atoms with Crippen molar-refractivity contribution in [1.82, 2.24) is 34.5 Å². The number of pyridine rings is 2. The summed E-state index contributed by atoms with van der Waals surface area (Å²) >= 11 is 0. The van der Waals surface area contributed by atoms with E-state index >= 15 is 0 Å². The van der Waals surface area contributed by atoms with Gasteiger partial charge in [0, 0.05) is 36.3 Å². The summed E-state index contributed by atoms with van der Waals surface area (Å²) in [5, 5.41) is 30.2. The van der Waals surface area contributed by atoms with Gasteiger partial charge in [0.15, 0.2) is 5.65 Å². The Morgan fingerprint density at radius 1 is 1.24 bits per heavy atom. The quantitative estimate of drug-likeness (QED) is 0.510. The molecule has 4 rings (SSSR count). The fourth-order valence-corrected chi connectivity index (χ4v) is 3.03. The fourth-order valence-electron chi connectivity index (χ4n) is 3.03. The predicted molar refractivity (Wildman–Crippen MR) is 106 cm³/mol. The van der Waals surface area contributed by atoms with Gasteiger partial charge in [-0.25, -0.2) is 19.6 Å². The van der Waals surface area contributed by atoms with Crippen molar-refractivity contribution in [3.63, 3.8) is 0 Å². The number of imidazole rings is 1.